The minimum absolute atomic E-state index is 0.0503. The summed E-state index contributed by atoms with van der Waals surface area (Å²) in [6.45, 7) is 7.32. The summed E-state index contributed by atoms with van der Waals surface area (Å²) in [4.78, 5) is 36.7. The Morgan fingerprint density at radius 1 is 1.04 bits per heavy atom. The van der Waals surface area contributed by atoms with Gasteiger partial charge >= 0.3 is 6.09 Å². The zero-order valence-electron chi connectivity index (χ0n) is 27.1. The van der Waals surface area contributed by atoms with Gasteiger partial charge in [0.2, 0.25) is 5.91 Å². The zero-order chi connectivity index (χ0) is 31.9. The predicted molar refractivity (Wildman–Crippen MR) is 175 cm³/mol. The monoisotopic (exact) mass is 616 g/mol. The summed E-state index contributed by atoms with van der Waals surface area (Å²) >= 11 is 0. The lowest BCUT2D eigenvalue weighted by Gasteiger charge is -2.35. The number of methoxy groups -OCH3 is 1. The highest BCUT2D eigenvalue weighted by Gasteiger charge is 2.33. The van der Waals surface area contributed by atoms with Gasteiger partial charge in [0.25, 0.3) is 0 Å². The molecule has 0 aromatic carbocycles. The van der Waals surface area contributed by atoms with E-state index in [1.54, 1.807) is 13.3 Å². The van der Waals surface area contributed by atoms with Crippen molar-refractivity contribution in [2.75, 3.05) is 25.1 Å². The van der Waals surface area contributed by atoms with Crippen molar-refractivity contribution in [3.8, 4) is 16.9 Å². The van der Waals surface area contributed by atoms with Crippen LogP contribution in [0.1, 0.15) is 95.0 Å². The quantitative estimate of drug-likeness (QED) is 0.238. The number of ether oxygens (including phenoxy) is 1. The molecule has 0 atom stereocenters. The second-order valence-corrected chi connectivity index (χ2v) is 13.1. The van der Waals surface area contributed by atoms with Crippen LogP contribution in [0, 0.1) is 24.7 Å². The smallest absolute Gasteiger partial charge is 0.404 e. The lowest BCUT2D eigenvalue weighted by molar-refractivity contribution is -0.123. The molecular formula is C35H48N6O4. The van der Waals surface area contributed by atoms with E-state index >= 15 is 0 Å². The molecule has 2 fully saturated rings. The van der Waals surface area contributed by atoms with E-state index in [-0.39, 0.29) is 17.9 Å². The standard InChI is InChI=1S/C35H48N6O4/c1-23(2)41-22-30(20-38-41)29-16-18-36-33(19-29)40(34(42)28-11-5-25(6-12-28)15-17-37-35(43)44)21-26-7-9-27(10-8-26)31-13-14-32(45-4)24(3)39-31/h13-14,16,18-20,22-23,25-28,37H,5-12,15,17,21H2,1-4H3,(H,43,44)/t25-,26-,27-,28-. The molecule has 0 radical (unpaired) electrons. The van der Waals surface area contributed by atoms with Crippen molar-refractivity contribution in [3.63, 3.8) is 0 Å². The Balaban J connectivity index is 1.30. The molecule has 3 heterocycles. The first-order chi connectivity index (χ1) is 21.7. The molecule has 0 aliphatic heterocycles. The van der Waals surface area contributed by atoms with Gasteiger partial charge < -0.3 is 15.2 Å². The fourth-order valence-electron chi connectivity index (χ4n) is 7.02. The Morgan fingerprint density at radius 2 is 1.78 bits per heavy atom. The second kappa shape index (κ2) is 14.9. The van der Waals surface area contributed by atoms with E-state index in [4.69, 9.17) is 19.8 Å². The van der Waals surface area contributed by atoms with E-state index in [0.29, 0.717) is 36.7 Å². The summed E-state index contributed by atoms with van der Waals surface area (Å²) in [7, 11) is 1.68. The van der Waals surface area contributed by atoms with Gasteiger partial charge in [0.15, 0.2) is 0 Å². The highest BCUT2D eigenvalue weighted by atomic mass is 16.5. The van der Waals surface area contributed by atoms with Crippen LogP contribution in [0.5, 0.6) is 5.75 Å². The first-order valence-corrected chi connectivity index (χ1v) is 16.5. The first-order valence-electron chi connectivity index (χ1n) is 16.5. The minimum atomic E-state index is -0.981. The molecule has 10 nitrogen and oxygen atoms in total. The fourth-order valence-corrected chi connectivity index (χ4v) is 7.02. The average Bonchev–Trinajstić information content (AvgIpc) is 3.55. The van der Waals surface area contributed by atoms with Crippen LogP contribution in [0.3, 0.4) is 0 Å². The van der Waals surface area contributed by atoms with Crippen LogP contribution in [-0.4, -0.2) is 57.1 Å². The number of hydrogen-bond donors (Lipinski definition) is 2. The summed E-state index contributed by atoms with van der Waals surface area (Å²) in [6.07, 6.45) is 13.2. The van der Waals surface area contributed by atoms with Crippen molar-refractivity contribution < 1.29 is 19.4 Å². The number of rotatable bonds is 11. The Kier molecular flexibility index (Phi) is 10.7. The van der Waals surface area contributed by atoms with E-state index in [9.17, 15) is 9.59 Å². The van der Waals surface area contributed by atoms with Crippen LogP contribution in [0.2, 0.25) is 0 Å². The fraction of sp³-hybridized carbons (Fsp3) is 0.571. The lowest BCUT2D eigenvalue weighted by Crippen LogP contribution is -2.42. The summed E-state index contributed by atoms with van der Waals surface area (Å²) in [6, 6.07) is 8.40. The first kappa shape index (κ1) is 32.4. The van der Waals surface area contributed by atoms with Crippen LogP contribution in [0.15, 0.2) is 42.9 Å². The maximum atomic E-state index is 14.3. The molecule has 10 heteroatoms. The van der Waals surface area contributed by atoms with Gasteiger partial charge in [-0.1, -0.05) is 0 Å². The van der Waals surface area contributed by atoms with Gasteiger partial charge in [0, 0.05) is 54.6 Å². The molecule has 2 aliphatic rings. The maximum absolute atomic E-state index is 14.3. The highest BCUT2D eigenvalue weighted by Crippen LogP contribution is 2.38. The molecule has 0 bridgehead atoms. The number of nitrogens with one attached hydrogen (secondary N) is 1. The third-order valence-corrected chi connectivity index (χ3v) is 9.76. The molecule has 2 saturated carbocycles. The molecule has 2 aliphatic carbocycles. The number of anilines is 1. The van der Waals surface area contributed by atoms with Gasteiger partial charge in [0.05, 0.1) is 19.0 Å². The van der Waals surface area contributed by atoms with Crippen LogP contribution >= 0.6 is 0 Å². The molecule has 0 spiro atoms. The Hall–Kier alpha value is -3.95. The highest BCUT2D eigenvalue weighted by molar-refractivity contribution is 5.94. The van der Waals surface area contributed by atoms with E-state index in [0.717, 1.165) is 86.1 Å². The van der Waals surface area contributed by atoms with E-state index in [2.05, 4.69) is 30.3 Å². The number of pyridine rings is 2. The number of aryl methyl sites for hydroxylation is 1. The SMILES string of the molecule is COc1ccc([C@H]2CC[C@H](CN(c3cc(-c4cnn(C(C)C)c4)ccn3)C(=O)[C@H]3CC[C@H](CCNC(=O)O)CC3)CC2)nc1C. The van der Waals surface area contributed by atoms with Crippen molar-refractivity contribution in [3.05, 3.63) is 54.2 Å². The molecular weight excluding hydrogens is 568 g/mol. The molecule has 45 heavy (non-hydrogen) atoms. The van der Waals surface area contributed by atoms with Crippen molar-refractivity contribution in [2.24, 2.45) is 17.8 Å². The molecule has 2 amide bonds. The van der Waals surface area contributed by atoms with Gasteiger partial charge in [-0.15, -0.1) is 0 Å². The van der Waals surface area contributed by atoms with E-state index in [1.807, 2.05) is 47.1 Å². The summed E-state index contributed by atoms with van der Waals surface area (Å²) in [5.74, 6) is 2.88. The molecule has 0 saturated heterocycles. The van der Waals surface area contributed by atoms with E-state index < -0.39 is 6.09 Å². The van der Waals surface area contributed by atoms with Crippen molar-refractivity contribution in [1.82, 2.24) is 25.1 Å². The predicted octanol–water partition coefficient (Wildman–Crippen LogP) is 7.01. The number of amides is 2. The third-order valence-electron chi connectivity index (χ3n) is 9.76. The summed E-state index contributed by atoms with van der Waals surface area (Å²) < 4.78 is 7.35. The molecule has 2 N–H and O–H groups in total. The topological polar surface area (TPSA) is 122 Å². The van der Waals surface area contributed by atoms with Gasteiger partial charge in [-0.05, 0) is 120 Å². The van der Waals surface area contributed by atoms with Gasteiger partial charge in [-0.2, -0.15) is 5.10 Å². The number of aromatic nitrogens is 4. The Labute approximate surface area is 266 Å². The third kappa shape index (κ3) is 8.21. The van der Waals surface area contributed by atoms with Gasteiger partial charge in [0.1, 0.15) is 11.6 Å². The zero-order valence-corrected chi connectivity index (χ0v) is 27.1. The second-order valence-electron chi connectivity index (χ2n) is 13.1. The van der Waals surface area contributed by atoms with Crippen molar-refractivity contribution >= 4 is 17.8 Å². The normalized spacial score (nSPS) is 21.8. The number of nitrogens with zero attached hydrogens (tertiary/aromatic N) is 5. The number of carboxylic acid groups (broad SMARTS) is 1. The van der Waals surface area contributed by atoms with Crippen molar-refractivity contribution in [1.29, 1.82) is 0 Å². The number of carbonyl (C=O) groups is 2. The molecule has 242 valence electrons. The van der Waals surface area contributed by atoms with E-state index in [1.165, 1.54) is 0 Å². The average molecular weight is 617 g/mol. The van der Waals surface area contributed by atoms with Gasteiger partial charge in [-0.25, -0.2) is 9.78 Å². The van der Waals surface area contributed by atoms with Crippen LogP contribution in [0.4, 0.5) is 10.6 Å². The largest absolute Gasteiger partial charge is 0.495 e. The minimum Gasteiger partial charge on any atom is -0.495 e. The van der Waals surface area contributed by atoms with Crippen LogP contribution in [0.25, 0.3) is 11.1 Å². The maximum Gasteiger partial charge on any atom is 0.404 e. The number of carbonyl (C=O) groups excluding carboxylic acids is 1. The number of hydrogen-bond acceptors (Lipinski definition) is 6. The lowest BCUT2D eigenvalue weighted by atomic mass is 9.78. The van der Waals surface area contributed by atoms with Crippen molar-refractivity contribution in [2.45, 2.75) is 90.5 Å². The molecule has 0 unspecified atom stereocenters. The molecule has 3 aromatic rings. The summed E-state index contributed by atoms with van der Waals surface area (Å²) in [5.41, 5.74) is 4.07. The van der Waals surface area contributed by atoms with Gasteiger partial charge in [-0.3, -0.25) is 19.4 Å². The summed E-state index contributed by atoms with van der Waals surface area (Å²) in [5, 5.41) is 15.9. The van der Waals surface area contributed by atoms with Crippen LogP contribution in [-0.2, 0) is 4.79 Å². The molecule has 5 rings (SSSR count). The molecule has 3 aromatic heterocycles. The van der Waals surface area contributed by atoms with Crippen LogP contribution < -0.4 is 15.0 Å². The Morgan fingerprint density at radius 3 is 2.42 bits per heavy atom. The Bertz CT molecular complexity index is 1440.